The van der Waals surface area contributed by atoms with Crippen LogP contribution in [0.25, 0.3) is 5.70 Å². The fourth-order valence-electron chi connectivity index (χ4n) is 1.84. The van der Waals surface area contributed by atoms with E-state index in [-0.39, 0.29) is 0 Å². The topological polar surface area (TPSA) is 46.2 Å². The highest BCUT2D eigenvalue weighted by Crippen LogP contribution is 2.18. The normalized spacial score (nSPS) is 12.2. The van der Waals surface area contributed by atoms with Gasteiger partial charge in [0, 0.05) is 7.05 Å². The molecule has 2 aromatic rings. The standard InChI is InChI=1S/C16H17NO2S/c1-13-8-10-15(11-9-13)20(18,19)12-16(17-2)14-6-4-3-5-7-14/h3-12,17H,1-2H3/b16-12+. The van der Waals surface area contributed by atoms with Crippen LogP contribution in [0.4, 0.5) is 0 Å². The van der Waals surface area contributed by atoms with Crippen LogP contribution in [0.15, 0.2) is 64.9 Å². The summed E-state index contributed by atoms with van der Waals surface area (Å²) in [5.74, 6) is 0. The lowest BCUT2D eigenvalue weighted by Gasteiger charge is -2.08. The van der Waals surface area contributed by atoms with Crippen molar-refractivity contribution in [3.63, 3.8) is 0 Å². The first-order chi connectivity index (χ1) is 9.53. The molecule has 0 saturated carbocycles. The molecular weight excluding hydrogens is 270 g/mol. The summed E-state index contributed by atoms with van der Waals surface area (Å²) < 4.78 is 24.7. The smallest absolute Gasteiger partial charge is 0.201 e. The van der Waals surface area contributed by atoms with Crippen molar-refractivity contribution in [3.05, 3.63) is 71.1 Å². The van der Waals surface area contributed by atoms with Crippen LogP contribution < -0.4 is 5.32 Å². The molecule has 0 spiro atoms. The summed E-state index contributed by atoms with van der Waals surface area (Å²) in [5.41, 5.74) is 2.45. The molecule has 20 heavy (non-hydrogen) atoms. The number of aryl methyl sites for hydroxylation is 1. The minimum Gasteiger partial charge on any atom is -0.387 e. The summed E-state index contributed by atoms with van der Waals surface area (Å²) >= 11 is 0. The Bertz CT molecular complexity index is 702. The van der Waals surface area contributed by atoms with Crippen molar-refractivity contribution in [2.45, 2.75) is 11.8 Å². The third kappa shape index (κ3) is 3.27. The van der Waals surface area contributed by atoms with E-state index in [4.69, 9.17) is 0 Å². The average molecular weight is 287 g/mol. The quantitative estimate of drug-likeness (QED) is 0.940. The first-order valence-electron chi connectivity index (χ1n) is 6.29. The molecule has 0 atom stereocenters. The van der Waals surface area contributed by atoms with Gasteiger partial charge in [0.1, 0.15) is 0 Å². The van der Waals surface area contributed by atoms with Gasteiger partial charge in [0.2, 0.25) is 9.84 Å². The summed E-state index contributed by atoms with van der Waals surface area (Å²) in [4.78, 5) is 0.298. The van der Waals surface area contributed by atoms with Crippen molar-refractivity contribution in [1.82, 2.24) is 5.32 Å². The van der Waals surface area contributed by atoms with Crippen molar-refractivity contribution < 1.29 is 8.42 Å². The highest BCUT2D eigenvalue weighted by atomic mass is 32.2. The Labute approximate surface area is 119 Å². The molecule has 0 aliphatic rings. The first kappa shape index (κ1) is 14.3. The highest BCUT2D eigenvalue weighted by molar-refractivity contribution is 7.94. The number of hydrogen-bond acceptors (Lipinski definition) is 3. The zero-order chi connectivity index (χ0) is 14.6. The van der Waals surface area contributed by atoms with Gasteiger partial charge in [-0.25, -0.2) is 8.42 Å². The Kier molecular flexibility index (Phi) is 4.25. The Balaban J connectivity index is 2.43. The summed E-state index contributed by atoms with van der Waals surface area (Å²) in [5, 5.41) is 4.21. The third-order valence-electron chi connectivity index (χ3n) is 2.98. The van der Waals surface area contributed by atoms with Crippen LogP contribution in [0.2, 0.25) is 0 Å². The molecule has 104 valence electrons. The summed E-state index contributed by atoms with van der Waals surface area (Å²) in [6.45, 7) is 1.93. The van der Waals surface area contributed by atoms with Gasteiger partial charge in [-0.1, -0.05) is 48.0 Å². The van der Waals surface area contributed by atoms with E-state index in [1.807, 2.05) is 37.3 Å². The highest BCUT2D eigenvalue weighted by Gasteiger charge is 2.13. The molecule has 0 heterocycles. The van der Waals surface area contributed by atoms with E-state index in [0.717, 1.165) is 11.1 Å². The molecule has 2 aromatic carbocycles. The fraction of sp³-hybridized carbons (Fsp3) is 0.125. The lowest BCUT2D eigenvalue weighted by atomic mass is 10.2. The van der Waals surface area contributed by atoms with E-state index in [1.54, 1.807) is 31.3 Å². The van der Waals surface area contributed by atoms with Gasteiger partial charge in [0.25, 0.3) is 0 Å². The van der Waals surface area contributed by atoms with E-state index < -0.39 is 9.84 Å². The molecule has 0 aliphatic carbocycles. The lowest BCUT2D eigenvalue weighted by molar-refractivity contribution is 0.604. The van der Waals surface area contributed by atoms with Crippen molar-refractivity contribution in [1.29, 1.82) is 0 Å². The monoisotopic (exact) mass is 287 g/mol. The Morgan fingerprint density at radius 2 is 1.60 bits per heavy atom. The van der Waals surface area contributed by atoms with Crippen molar-refractivity contribution in [2.75, 3.05) is 7.05 Å². The number of hydrogen-bond donors (Lipinski definition) is 1. The Morgan fingerprint density at radius 3 is 2.15 bits per heavy atom. The van der Waals surface area contributed by atoms with Gasteiger partial charge in [0.15, 0.2) is 0 Å². The van der Waals surface area contributed by atoms with Crippen LogP contribution in [0.5, 0.6) is 0 Å². The first-order valence-corrected chi connectivity index (χ1v) is 7.84. The number of sulfone groups is 1. The van der Waals surface area contributed by atoms with Crippen LogP contribution in [0, 0.1) is 6.92 Å². The zero-order valence-corrected chi connectivity index (χ0v) is 12.3. The number of benzene rings is 2. The SMILES string of the molecule is CN/C(=C/S(=O)(=O)c1ccc(C)cc1)c1ccccc1. The molecule has 0 amide bonds. The fourth-order valence-corrected chi connectivity index (χ4v) is 3.06. The molecule has 0 radical (unpaired) electrons. The molecule has 0 saturated heterocycles. The second-order valence-electron chi connectivity index (χ2n) is 4.51. The van der Waals surface area contributed by atoms with Gasteiger partial charge >= 0.3 is 0 Å². The number of nitrogens with one attached hydrogen (secondary N) is 1. The molecule has 0 fully saturated rings. The molecular formula is C16H17NO2S. The van der Waals surface area contributed by atoms with Gasteiger partial charge in [0.05, 0.1) is 16.0 Å². The zero-order valence-electron chi connectivity index (χ0n) is 11.5. The maximum Gasteiger partial charge on any atom is 0.201 e. The lowest BCUT2D eigenvalue weighted by Crippen LogP contribution is -2.08. The van der Waals surface area contributed by atoms with Crippen LogP contribution in [0.1, 0.15) is 11.1 Å². The number of rotatable bonds is 4. The molecule has 1 N–H and O–H groups in total. The minimum absolute atomic E-state index is 0.298. The Morgan fingerprint density at radius 1 is 1.00 bits per heavy atom. The largest absolute Gasteiger partial charge is 0.387 e. The summed E-state index contributed by atoms with van der Waals surface area (Å²) in [6.07, 6.45) is 0. The van der Waals surface area contributed by atoms with Crippen molar-refractivity contribution in [2.24, 2.45) is 0 Å². The van der Waals surface area contributed by atoms with Crippen LogP contribution >= 0.6 is 0 Å². The minimum atomic E-state index is -3.46. The summed E-state index contributed by atoms with van der Waals surface area (Å²) in [7, 11) is -1.75. The van der Waals surface area contributed by atoms with Crippen LogP contribution in [0.3, 0.4) is 0 Å². The summed E-state index contributed by atoms with van der Waals surface area (Å²) in [6, 6.07) is 16.2. The molecule has 4 heteroatoms. The van der Waals surface area contributed by atoms with Gasteiger partial charge in [-0.05, 0) is 24.6 Å². The third-order valence-corrected chi connectivity index (χ3v) is 4.45. The van der Waals surface area contributed by atoms with Gasteiger partial charge in [-0.2, -0.15) is 0 Å². The second kappa shape index (κ2) is 5.92. The van der Waals surface area contributed by atoms with Gasteiger partial charge < -0.3 is 5.32 Å². The molecule has 0 bridgehead atoms. The Hall–Kier alpha value is -2.07. The van der Waals surface area contributed by atoms with E-state index in [9.17, 15) is 8.42 Å². The van der Waals surface area contributed by atoms with Gasteiger partial charge in [-0.3, -0.25) is 0 Å². The molecule has 0 unspecified atom stereocenters. The van der Waals surface area contributed by atoms with Crippen LogP contribution in [-0.2, 0) is 9.84 Å². The molecule has 0 aromatic heterocycles. The second-order valence-corrected chi connectivity index (χ2v) is 6.30. The predicted molar refractivity (Wildman–Crippen MR) is 81.8 cm³/mol. The predicted octanol–water partition coefficient (Wildman–Crippen LogP) is 2.99. The average Bonchev–Trinajstić information content (AvgIpc) is 2.46. The molecule has 3 nitrogen and oxygen atoms in total. The van der Waals surface area contributed by atoms with E-state index in [2.05, 4.69) is 5.32 Å². The maximum atomic E-state index is 12.4. The maximum absolute atomic E-state index is 12.4. The van der Waals surface area contributed by atoms with Gasteiger partial charge in [-0.15, -0.1) is 0 Å². The van der Waals surface area contributed by atoms with Crippen LogP contribution in [-0.4, -0.2) is 15.5 Å². The molecule has 0 aliphatic heterocycles. The van der Waals surface area contributed by atoms with Crippen molar-refractivity contribution >= 4 is 15.5 Å². The van der Waals surface area contributed by atoms with E-state index in [1.165, 1.54) is 5.41 Å². The molecule has 2 rings (SSSR count). The van der Waals surface area contributed by atoms with E-state index >= 15 is 0 Å². The van der Waals surface area contributed by atoms with E-state index in [0.29, 0.717) is 10.6 Å². The van der Waals surface area contributed by atoms with Crippen molar-refractivity contribution in [3.8, 4) is 0 Å².